The molecule has 1 N–H and O–H groups in total. The van der Waals surface area contributed by atoms with Crippen molar-refractivity contribution in [3.8, 4) is 0 Å². The van der Waals surface area contributed by atoms with Gasteiger partial charge in [-0.05, 0) is 24.8 Å². The van der Waals surface area contributed by atoms with E-state index in [0.29, 0.717) is 11.5 Å². The number of alkyl halides is 1. The maximum Gasteiger partial charge on any atom is 0.254 e. The summed E-state index contributed by atoms with van der Waals surface area (Å²) >= 11 is 3.43. The van der Waals surface area contributed by atoms with E-state index < -0.39 is 0 Å². The van der Waals surface area contributed by atoms with Crippen molar-refractivity contribution in [2.24, 2.45) is 5.92 Å². The van der Waals surface area contributed by atoms with Crippen molar-refractivity contribution in [2.75, 3.05) is 11.9 Å². The van der Waals surface area contributed by atoms with Crippen LogP contribution in [0.2, 0.25) is 0 Å². The summed E-state index contributed by atoms with van der Waals surface area (Å²) in [5, 5.41) is 3.87. The van der Waals surface area contributed by atoms with E-state index in [1.54, 1.807) is 6.07 Å². The van der Waals surface area contributed by atoms with Crippen LogP contribution in [0.5, 0.6) is 0 Å². The molecule has 15 heavy (non-hydrogen) atoms. The molecule has 1 heterocycles. The standard InChI is InChI=1S/C11H16BrNO2/c1-9(7-12)3-2-5-13-11(14)10-4-6-15-8-10/h4,6,8-9H,2-3,5,7H2,1H3,(H,13,14). The number of carbonyl (C=O) groups is 1. The van der Waals surface area contributed by atoms with Gasteiger partial charge in [0.1, 0.15) is 6.26 Å². The fourth-order valence-corrected chi connectivity index (χ4v) is 1.55. The predicted molar refractivity (Wildman–Crippen MR) is 63.2 cm³/mol. The van der Waals surface area contributed by atoms with E-state index in [0.717, 1.165) is 24.7 Å². The van der Waals surface area contributed by atoms with E-state index in [1.807, 2.05) is 0 Å². The first-order chi connectivity index (χ1) is 7.24. The number of hydrogen-bond donors (Lipinski definition) is 1. The van der Waals surface area contributed by atoms with Gasteiger partial charge < -0.3 is 9.73 Å². The minimum absolute atomic E-state index is 0.0600. The highest BCUT2D eigenvalue weighted by atomic mass is 79.9. The molecule has 1 rings (SSSR count). The SMILES string of the molecule is CC(CBr)CCCNC(=O)c1ccoc1. The van der Waals surface area contributed by atoms with Crippen LogP contribution < -0.4 is 5.32 Å². The highest BCUT2D eigenvalue weighted by Crippen LogP contribution is 2.07. The molecule has 1 aromatic heterocycles. The van der Waals surface area contributed by atoms with Crippen LogP contribution in [0.15, 0.2) is 23.0 Å². The van der Waals surface area contributed by atoms with Crippen LogP contribution in [0.3, 0.4) is 0 Å². The summed E-state index contributed by atoms with van der Waals surface area (Å²) < 4.78 is 4.83. The predicted octanol–water partition coefficient (Wildman–Crippen LogP) is 2.82. The average Bonchev–Trinajstić information content (AvgIpc) is 2.77. The zero-order valence-corrected chi connectivity index (χ0v) is 10.4. The van der Waals surface area contributed by atoms with Gasteiger partial charge in [-0.2, -0.15) is 0 Å². The highest BCUT2D eigenvalue weighted by molar-refractivity contribution is 9.09. The molecule has 0 aliphatic heterocycles. The number of rotatable bonds is 6. The fourth-order valence-electron chi connectivity index (χ4n) is 1.23. The molecule has 0 aromatic carbocycles. The largest absolute Gasteiger partial charge is 0.472 e. The van der Waals surface area contributed by atoms with E-state index in [-0.39, 0.29) is 5.91 Å². The summed E-state index contributed by atoms with van der Waals surface area (Å²) in [5.74, 6) is 0.603. The quantitative estimate of drug-likeness (QED) is 0.640. The van der Waals surface area contributed by atoms with Gasteiger partial charge in [-0.15, -0.1) is 0 Å². The number of amides is 1. The summed E-state index contributed by atoms with van der Waals surface area (Å²) in [7, 11) is 0. The number of carbonyl (C=O) groups excluding carboxylic acids is 1. The summed E-state index contributed by atoms with van der Waals surface area (Å²) in [6.45, 7) is 2.91. The molecule has 0 aliphatic rings. The Hall–Kier alpha value is -0.770. The molecule has 1 atom stereocenters. The van der Waals surface area contributed by atoms with Crippen molar-refractivity contribution in [1.82, 2.24) is 5.32 Å². The Morgan fingerprint density at radius 2 is 2.47 bits per heavy atom. The molecule has 0 radical (unpaired) electrons. The van der Waals surface area contributed by atoms with Crippen LogP contribution in [-0.2, 0) is 0 Å². The fraction of sp³-hybridized carbons (Fsp3) is 0.545. The zero-order chi connectivity index (χ0) is 11.1. The average molecular weight is 274 g/mol. The van der Waals surface area contributed by atoms with Crippen molar-refractivity contribution in [3.63, 3.8) is 0 Å². The van der Waals surface area contributed by atoms with E-state index in [1.165, 1.54) is 12.5 Å². The molecule has 0 aliphatic carbocycles. The minimum atomic E-state index is -0.0600. The van der Waals surface area contributed by atoms with Gasteiger partial charge in [-0.25, -0.2) is 0 Å². The second kappa shape index (κ2) is 6.67. The molecule has 1 amide bonds. The smallest absolute Gasteiger partial charge is 0.254 e. The Morgan fingerprint density at radius 1 is 1.67 bits per heavy atom. The molecule has 0 saturated heterocycles. The Labute approximate surface area is 98.4 Å². The van der Waals surface area contributed by atoms with Gasteiger partial charge in [0, 0.05) is 11.9 Å². The lowest BCUT2D eigenvalue weighted by atomic mass is 10.1. The van der Waals surface area contributed by atoms with Crippen molar-refractivity contribution in [1.29, 1.82) is 0 Å². The van der Waals surface area contributed by atoms with Crippen LogP contribution in [0.25, 0.3) is 0 Å². The van der Waals surface area contributed by atoms with E-state index in [9.17, 15) is 4.79 Å². The summed E-state index contributed by atoms with van der Waals surface area (Å²) in [5.41, 5.74) is 0.587. The molecule has 4 heteroatoms. The van der Waals surface area contributed by atoms with Crippen LogP contribution in [0, 0.1) is 5.92 Å². The van der Waals surface area contributed by atoms with Crippen LogP contribution in [0.1, 0.15) is 30.1 Å². The topological polar surface area (TPSA) is 42.2 Å². The maximum absolute atomic E-state index is 11.4. The molecular weight excluding hydrogens is 258 g/mol. The monoisotopic (exact) mass is 273 g/mol. The third kappa shape index (κ3) is 4.51. The first-order valence-corrected chi connectivity index (χ1v) is 6.22. The van der Waals surface area contributed by atoms with E-state index >= 15 is 0 Å². The number of nitrogens with one attached hydrogen (secondary N) is 1. The molecule has 0 fully saturated rings. The van der Waals surface area contributed by atoms with Crippen molar-refractivity contribution in [3.05, 3.63) is 24.2 Å². The van der Waals surface area contributed by atoms with Crippen LogP contribution >= 0.6 is 15.9 Å². The normalized spacial score (nSPS) is 12.4. The van der Waals surface area contributed by atoms with Gasteiger partial charge in [-0.1, -0.05) is 22.9 Å². The highest BCUT2D eigenvalue weighted by Gasteiger charge is 2.05. The molecular formula is C11H16BrNO2. The summed E-state index contributed by atoms with van der Waals surface area (Å²) in [6.07, 6.45) is 5.09. The molecule has 1 unspecified atom stereocenters. The molecule has 0 saturated carbocycles. The number of halogens is 1. The summed E-state index contributed by atoms with van der Waals surface area (Å²) in [6, 6.07) is 1.66. The molecule has 1 aromatic rings. The zero-order valence-electron chi connectivity index (χ0n) is 8.83. The molecule has 0 spiro atoms. The van der Waals surface area contributed by atoms with Gasteiger partial charge >= 0.3 is 0 Å². The third-order valence-electron chi connectivity index (χ3n) is 2.21. The lowest BCUT2D eigenvalue weighted by Gasteiger charge is -2.07. The molecule has 0 bridgehead atoms. The summed E-state index contributed by atoms with van der Waals surface area (Å²) in [4.78, 5) is 11.4. The number of hydrogen-bond acceptors (Lipinski definition) is 2. The van der Waals surface area contributed by atoms with Gasteiger partial charge in [0.05, 0.1) is 11.8 Å². The first-order valence-electron chi connectivity index (χ1n) is 5.10. The Kier molecular flexibility index (Phi) is 5.47. The van der Waals surface area contributed by atoms with Crippen molar-refractivity contribution in [2.45, 2.75) is 19.8 Å². The van der Waals surface area contributed by atoms with Crippen LogP contribution in [-0.4, -0.2) is 17.8 Å². The van der Waals surface area contributed by atoms with Gasteiger partial charge in [0.15, 0.2) is 0 Å². The Balaban J connectivity index is 2.13. The van der Waals surface area contributed by atoms with Crippen molar-refractivity contribution < 1.29 is 9.21 Å². The van der Waals surface area contributed by atoms with E-state index in [2.05, 4.69) is 28.2 Å². The van der Waals surface area contributed by atoms with Gasteiger partial charge in [0.25, 0.3) is 5.91 Å². The van der Waals surface area contributed by atoms with Crippen LogP contribution in [0.4, 0.5) is 0 Å². The van der Waals surface area contributed by atoms with Crippen molar-refractivity contribution >= 4 is 21.8 Å². The Morgan fingerprint density at radius 3 is 3.07 bits per heavy atom. The van der Waals surface area contributed by atoms with Gasteiger partial charge in [0.2, 0.25) is 0 Å². The second-order valence-corrected chi connectivity index (χ2v) is 4.32. The molecule has 84 valence electrons. The number of furan rings is 1. The van der Waals surface area contributed by atoms with Gasteiger partial charge in [-0.3, -0.25) is 4.79 Å². The maximum atomic E-state index is 11.4. The molecule has 3 nitrogen and oxygen atoms in total. The third-order valence-corrected chi connectivity index (χ3v) is 3.31. The van der Waals surface area contributed by atoms with E-state index in [4.69, 9.17) is 4.42 Å². The Bertz CT molecular complexity index is 285. The lowest BCUT2D eigenvalue weighted by molar-refractivity contribution is 0.0952. The second-order valence-electron chi connectivity index (χ2n) is 3.67. The minimum Gasteiger partial charge on any atom is -0.472 e. The lowest BCUT2D eigenvalue weighted by Crippen LogP contribution is -2.24. The first kappa shape index (κ1) is 12.3.